The van der Waals surface area contributed by atoms with Gasteiger partial charge in [0.15, 0.2) is 5.78 Å². The van der Waals surface area contributed by atoms with Crippen LogP contribution in [0.15, 0.2) is 5.38 Å². The Balaban J connectivity index is 2.63. The number of aromatic nitrogens is 1. The lowest BCUT2D eigenvalue weighted by molar-refractivity contribution is -0.139. The Labute approximate surface area is 133 Å². The number of nitrogens with zero attached hydrogens (tertiary/aromatic N) is 2. The molecular formula is C14H21N3O4S. The SMILES string of the molecule is CC(=O)[C@H](CC(=O)O)NC(=O)N(C)Cc1csc(C(C)C)n1. The predicted octanol–water partition coefficient (Wildman–Crippen LogP) is 1.84. The summed E-state index contributed by atoms with van der Waals surface area (Å²) in [6, 6.07) is -1.52. The van der Waals surface area contributed by atoms with E-state index in [0.29, 0.717) is 12.5 Å². The summed E-state index contributed by atoms with van der Waals surface area (Å²) in [5, 5.41) is 14.1. The second-order valence-corrected chi connectivity index (χ2v) is 6.29. The second-order valence-electron chi connectivity index (χ2n) is 5.40. The van der Waals surface area contributed by atoms with Crippen molar-refractivity contribution in [3.8, 4) is 0 Å². The van der Waals surface area contributed by atoms with Gasteiger partial charge < -0.3 is 15.3 Å². The van der Waals surface area contributed by atoms with Gasteiger partial charge in [-0.25, -0.2) is 9.78 Å². The average Bonchev–Trinajstić information content (AvgIpc) is 2.85. The van der Waals surface area contributed by atoms with Crippen LogP contribution in [0.1, 0.15) is 43.8 Å². The Hall–Kier alpha value is -1.96. The maximum Gasteiger partial charge on any atom is 0.318 e. The zero-order valence-corrected chi connectivity index (χ0v) is 13.9. The third-order valence-electron chi connectivity index (χ3n) is 2.98. The highest BCUT2D eigenvalue weighted by Gasteiger charge is 2.22. The molecule has 0 radical (unpaired) electrons. The van der Waals surface area contributed by atoms with Gasteiger partial charge in [0.25, 0.3) is 0 Å². The fourth-order valence-corrected chi connectivity index (χ4v) is 2.53. The fourth-order valence-electron chi connectivity index (χ4n) is 1.71. The lowest BCUT2D eigenvalue weighted by atomic mass is 10.1. The van der Waals surface area contributed by atoms with Gasteiger partial charge in [-0.2, -0.15) is 0 Å². The summed E-state index contributed by atoms with van der Waals surface area (Å²) >= 11 is 1.54. The molecule has 1 atom stereocenters. The van der Waals surface area contributed by atoms with Crippen LogP contribution in [0, 0.1) is 0 Å². The number of carbonyl (C=O) groups is 3. The topological polar surface area (TPSA) is 99.6 Å². The summed E-state index contributed by atoms with van der Waals surface area (Å²) in [7, 11) is 1.57. The highest BCUT2D eigenvalue weighted by Crippen LogP contribution is 2.19. The van der Waals surface area contributed by atoms with Gasteiger partial charge in [0.05, 0.1) is 29.7 Å². The highest BCUT2D eigenvalue weighted by atomic mass is 32.1. The molecule has 0 spiro atoms. The molecule has 1 aromatic rings. The van der Waals surface area contributed by atoms with Crippen LogP contribution in [-0.2, 0) is 16.1 Å². The van der Waals surface area contributed by atoms with Crippen molar-refractivity contribution in [2.45, 2.75) is 45.7 Å². The van der Waals surface area contributed by atoms with Crippen LogP contribution >= 0.6 is 11.3 Å². The van der Waals surface area contributed by atoms with Crippen molar-refractivity contribution in [3.05, 3.63) is 16.1 Å². The number of hydrogen-bond acceptors (Lipinski definition) is 5. The number of thiazole rings is 1. The number of carboxylic acids is 1. The molecule has 0 aromatic carbocycles. The standard InChI is InChI=1S/C14H21N3O4S/c1-8(2)13-15-10(7-22-13)6-17(4)14(21)16-11(9(3)18)5-12(19)20/h7-8,11H,5-6H2,1-4H3,(H,16,21)(H,19,20)/t11-/m0/s1. The van der Waals surface area contributed by atoms with Crippen molar-refractivity contribution in [2.24, 2.45) is 0 Å². The van der Waals surface area contributed by atoms with Crippen molar-refractivity contribution in [1.82, 2.24) is 15.2 Å². The first-order valence-corrected chi connectivity index (χ1v) is 7.76. The summed E-state index contributed by atoms with van der Waals surface area (Å²) in [6.07, 6.45) is -0.427. The normalized spacial score (nSPS) is 12.0. The molecule has 0 aliphatic carbocycles. The van der Waals surface area contributed by atoms with Crippen LogP contribution < -0.4 is 5.32 Å². The molecule has 1 rings (SSSR count). The third-order valence-corrected chi connectivity index (χ3v) is 4.17. The van der Waals surface area contributed by atoms with E-state index in [2.05, 4.69) is 10.3 Å². The molecule has 1 aromatic heterocycles. The van der Waals surface area contributed by atoms with Crippen molar-refractivity contribution >= 4 is 29.1 Å². The second kappa shape index (κ2) is 7.88. The molecule has 2 N–H and O–H groups in total. The van der Waals surface area contributed by atoms with Crippen LogP contribution in [-0.4, -0.2) is 45.9 Å². The van der Waals surface area contributed by atoms with E-state index in [0.717, 1.165) is 10.7 Å². The number of hydrogen-bond donors (Lipinski definition) is 2. The van der Waals surface area contributed by atoms with Gasteiger partial charge in [0, 0.05) is 18.3 Å². The lowest BCUT2D eigenvalue weighted by Gasteiger charge is -2.20. The quantitative estimate of drug-likeness (QED) is 0.796. The molecule has 0 aliphatic heterocycles. The van der Waals surface area contributed by atoms with Crippen molar-refractivity contribution in [3.63, 3.8) is 0 Å². The highest BCUT2D eigenvalue weighted by molar-refractivity contribution is 7.09. The van der Waals surface area contributed by atoms with E-state index in [1.54, 1.807) is 7.05 Å². The lowest BCUT2D eigenvalue weighted by Crippen LogP contribution is -2.46. The minimum Gasteiger partial charge on any atom is -0.481 e. The first-order chi connectivity index (χ1) is 10.2. The van der Waals surface area contributed by atoms with Crippen LogP contribution in [0.25, 0.3) is 0 Å². The smallest absolute Gasteiger partial charge is 0.318 e. The molecule has 0 saturated heterocycles. The Bertz CT molecular complexity index is 556. The van der Waals surface area contributed by atoms with E-state index in [9.17, 15) is 14.4 Å². The zero-order valence-electron chi connectivity index (χ0n) is 13.1. The molecule has 0 bridgehead atoms. The summed E-state index contributed by atoms with van der Waals surface area (Å²) in [4.78, 5) is 39.9. The van der Waals surface area contributed by atoms with Crippen molar-refractivity contribution < 1.29 is 19.5 Å². The number of aliphatic carboxylic acids is 1. The monoisotopic (exact) mass is 327 g/mol. The Morgan fingerprint density at radius 3 is 2.50 bits per heavy atom. The van der Waals surface area contributed by atoms with E-state index in [1.165, 1.54) is 23.2 Å². The molecule has 0 saturated carbocycles. The average molecular weight is 327 g/mol. The minimum absolute atomic E-state index is 0.298. The Morgan fingerprint density at radius 1 is 1.41 bits per heavy atom. The predicted molar refractivity (Wildman–Crippen MR) is 82.9 cm³/mol. The molecule has 8 heteroatoms. The van der Waals surface area contributed by atoms with Gasteiger partial charge in [0.1, 0.15) is 0 Å². The number of rotatable bonds is 7. The minimum atomic E-state index is -1.13. The number of carbonyl (C=O) groups excluding carboxylic acids is 2. The summed E-state index contributed by atoms with van der Waals surface area (Å²) < 4.78 is 0. The molecule has 2 amide bonds. The maximum atomic E-state index is 12.0. The largest absolute Gasteiger partial charge is 0.481 e. The summed E-state index contributed by atoms with van der Waals surface area (Å²) in [5.41, 5.74) is 0.768. The van der Waals surface area contributed by atoms with Gasteiger partial charge in [0.2, 0.25) is 0 Å². The van der Waals surface area contributed by atoms with Crippen molar-refractivity contribution in [1.29, 1.82) is 0 Å². The molecular weight excluding hydrogens is 306 g/mol. The Morgan fingerprint density at radius 2 is 2.05 bits per heavy atom. The maximum absolute atomic E-state index is 12.0. The Kier molecular flexibility index (Phi) is 6.48. The fraction of sp³-hybridized carbons (Fsp3) is 0.571. The number of ketones is 1. The number of urea groups is 1. The molecule has 0 unspecified atom stereocenters. The number of Topliss-reactive ketones (excluding diaryl/α,β-unsaturated/α-hetero) is 1. The van der Waals surface area contributed by atoms with Gasteiger partial charge in [-0.15, -0.1) is 11.3 Å². The molecule has 0 fully saturated rings. The van der Waals surface area contributed by atoms with E-state index in [4.69, 9.17) is 5.11 Å². The zero-order chi connectivity index (χ0) is 16.9. The number of amides is 2. The number of nitrogens with one attached hydrogen (secondary N) is 1. The first-order valence-electron chi connectivity index (χ1n) is 6.88. The summed E-state index contributed by atoms with van der Waals surface area (Å²) in [5.74, 6) is -1.19. The van der Waals surface area contributed by atoms with E-state index < -0.39 is 24.5 Å². The van der Waals surface area contributed by atoms with Crippen LogP contribution in [0.5, 0.6) is 0 Å². The van der Waals surface area contributed by atoms with Crippen LogP contribution in [0.3, 0.4) is 0 Å². The van der Waals surface area contributed by atoms with Gasteiger partial charge in [-0.05, 0) is 6.92 Å². The molecule has 7 nitrogen and oxygen atoms in total. The third kappa shape index (κ3) is 5.44. The molecule has 0 aliphatic rings. The molecule has 122 valence electrons. The van der Waals surface area contributed by atoms with Gasteiger partial charge >= 0.3 is 12.0 Å². The van der Waals surface area contributed by atoms with Crippen molar-refractivity contribution in [2.75, 3.05) is 7.05 Å². The number of carboxylic acid groups (broad SMARTS) is 1. The molecule has 1 heterocycles. The van der Waals surface area contributed by atoms with E-state index in [1.807, 2.05) is 19.2 Å². The van der Waals surface area contributed by atoms with Crippen LogP contribution in [0.2, 0.25) is 0 Å². The van der Waals surface area contributed by atoms with Gasteiger partial charge in [-0.1, -0.05) is 13.8 Å². The first kappa shape index (κ1) is 18.1. The van der Waals surface area contributed by atoms with Crippen LogP contribution in [0.4, 0.5) is 4.79 Å². The summed E-state index contributed by atoms with van der Waals surface area (Å²) in [6.45, 7) is 5.64. The molecule has 22 heavy (non-hydrogen) atoms. The van der Waals surface area contributed by atoms with E-state index >= 15 is 0 Å². The van der Waals surface area contributed by atoms with Gasteiger partial charge in [-0.3, -0.25) is 9.59 Å². The van der Waals surface area contributed by atoms with E-state index in [-0.39, 0.29) is 5.78 Å².